The molecule has 3 rings (SSSR count). The van der Waals surface area contributed by atoms with E-state index in [4.69, 9.17) is 0 Å². The molecule has 1 aliphatic heterocycles. The number of aromatic nitrogens is 3. The highest BCUT2D eigenvalue weighted by Gasteiger charge is 2.30. The van der Waals surface area contributed by atoms with Gasteiger partial charge in [0.25, 0.3) is 0 Å². The molecule has 98 valence electrons. The number of nitrogens with one attached hydrogen (secondary N) is 4. The number of benzene rings is 1. The highest BCUT2D eigenvalue weighted by Crippen LogP contribution is 2.22. The van der Waals surface area contributed by atoms with Crippen LogP contribution in [0.5, 0.6) is 0 Å². The molecule has 4 N–H and O–H groups in total. The van der Waals surface area contributed by atoms with Crippen molar-refractivity contribution in [3.8, 4) is 0 Å². The van der Waals surface area contributed by atoms with Gasteiger partial charge in [-0.2, -0.15) is 10.1 Å². The Morgan fingerprint density at radius 2 is 2.11 bits per heavy atom. The maximum atomic E-state index is 12.0. The zero-order chi connectivity index (χ0) is 13.1. The average Bonchev–Trinajstić information content (AvgIpc) is 3.10. The minimum absolute atomic E-state index is 0.131. The van der Waals surface area contributed by atoms with E-state index in [1.54, 1.807) is 0 Å². The van der Waals surface area contributed by atoms with E-state index in [2.05, 4.69) is 31.3 Å². The molecule has 2 heterocycles. The predicted molar refractivity (Wildman–Crippen MR) is 68.9 cm³/mol. The Hall–Kier alpha value is -2.25. The Morgan fingerprint density at radius 3 is 2.84 bits per heavy atom. The first-order valence-corrected chi connectivity index (χ1v) is 6.05. The predicted octanol–water partition coefficient (Wildman–Crippen LogP) is 0.351. The highest BCUT2D eigenvalue weighted by atomic mass is 16.2. The number of amides is 1. The summed E-state index contributed by atoms with van der Waals surface area (Å²) in [5.74, 6) is 0.220. The molecular weight excluding hydrogens is 244 g/mol. The number of hydrazine groups is 1. The van der Waals surface area contributed by atoms with Crippen LogP contribution in [-0.2, 0) is 4.79 Å². The molecule has 0 spiro atoms. The topological polar surface area (TPSA) is 94.7 Å². The zero-order valence-corrected chi connectivity index (χ0v) is 10.1. The fourth-order valence-electron chi connectivity index (χ4n) is 2.10. The molecule has 1 amide bonds. The lowest BCUT2D eigenvalue weighted by molar-refractivity contribution is -0.117. The SMILES string of the molecule is O=C(Nc1ncn[nH]1)C1CC(c2ccccc2)NN1. The van der Waals surface area contributed by atoms with E-state index in [9.17, 15) is 4.79 Å². The molecule has 2 unspecified atom stereocenters. The first-order valence-electron chi connectivity index (χ1n) is 6.05. The molecule has 0 saturated carbocycles. The molecule has 1 fully saturated rings. The van der Waals surface area contributed by atoms with Gasteiger partial charge in [-0.05, 0) is 12.0 Å². The monoisotopic (exact) mass is 258 g/mol. The Bertz CT molecular complexity index is 541. The molecule has 1 saturated heterocycles. The van der Waals surface area contributed by atoms with Crippen molar-refractivity contribution in [1.29, 1.82) is 0 Å². The lowest BCUT2D eigenvalue weighted by atomic mass is 10.0. The fraction of sp³-hybridized carbons (Fsp3) is 0.250. The molecule has 2 atom stereocenters. The zero-order valence-electron chi connectivity index (χ0n) is 10.1. The van der Waals surface area contributed by atoms with Gasteiger partial charge in [0.15, 0.2) is 0 Å². The molecule has 1 aromatic carbocycles. The summed E-state index contributed by atoms with van der Waals surface area (Å²) in [5, 5.41) is 8.94. The number of nitrogens with zero attached hydrogens (tertiary/aromatic N) is 2. The van der Waals surface area contributed by atoms with Crippen LogP contribution >= 0.6 is 0 Å². The summed E-state index contributed by atoms with van der Waals surface area (Å²) in [6, 6.07) is 9.85. The van der Waals surface area contributed by atoms with Crippen LogP contribution in [0.2, 0.25) is 0 Å². The van der Waals surface area contributed by atoms with Crippen molar-refractivity contribution in [2.45, 2.75) is 18.5 Å². The second-order valence-corrected chi connectivity index (χ2v) is 4.36. The van der Waals surface area contributed by atoms with Crippen LogP contribution in [0.4, 0.5) is 5.95 Å². The summed E-state index contributed by atoms with van der Waals surface area (Å²) in [6.07, 6.45) is 2.03. The van der Waals surface area contributed by atoms with Crippen LogP contribution in [0.25, 0.3) is 0 Å². The fourth-order valence-corrected chi connectivity index (χ4v) is 2.10. The number of rotatable bonds is 3. The average molecular weight is 258 g/mol. The van der Waals surface area contributed by atoms with E-state index >= 15 is 0 Å². The first-order chi connectivity index (χ1) is 9.33. The number of aromatic amines is 1. The van der Waals surface area contributed by atoms with E-state index in [1.807, 2.05) is 30.3 Å². The second kappa shape index (κ2) is 5.17. The van der Waals surface area contributed by atoms with Crippen molar-refractivity contribution < 1.29 is 4.79 Å². The smallest absolute Gasteiger partial charge is 0.245 e. The summed E-state index contributed by atoms with van der Waals surface area (Å²) in [4.78, 5) is 15.8. The van der Waals surface area contributed by atoms with Crippen molar-refractivity contribution >= 4 is 11.9 Å². The summed E-state index contributed by atoms with van der Waals surface area (Å²) in [6.45, 7) is 0. The Balaban J connectivity index is 1.61. The number of anilines is 1. The third-order valence-corrected chi connectivity index (χ3v) is 3.08. The largest absolute Gasteiger partial charge is 0.293 e. The van der Waals surface area contributed by atoms with Crippen molar-refractivity contribution in [2.75, 3.05) is 5.32 Å². The van der Waals surface area contributed by atoms with Gasteiger partial charge in [0, 0.05) is 6.04 Å². The third-order valence-electron chi connectivity index (χ3n) is 3.08. The molecular formula is C12H14N6O. The van der Waals surface area contributed by atoms with E-state index in [-0.39, 0.29) is 18.0 Å². The molecule has 7 heteroatoms. The van der Waals surface area contributed by atoms with Gasteiger partial charge in [0.2, 0.25) is 11.9 Å². The van der Waals surface area contributed by atoms with Crippen LogP contribution in [0.1, 0.15) is 18.0 Å². The van der Waals surface area contributed by atoms with Crippen LogP contribution in [0, 0.1) is 0 Å². The molecule has 7 nitrogen and oxygen atoms in total. The van der Waals surface area contributed by atoms with Crippen LogP contribution < -0.4 is 16.2 Å². The van der Waals surface area contributed by atoms with Gasteiger partial charge in [0.1, 0.15) is 12.4 Å². The van der Waals surface area contributed by atoms with Crippen LogP contribution in [-0.4, -0.2) is 27.1 Å². The van der Waals surface area contributed by atoms with Crippen molar-refractivity contribution in [1.82, 2.24) is 26.0 Å². The molecule has 2 aromatic rings. The van der Waals surface area contributed by atoms with Crippen molar-refractivity contribution in [3.63, 3.8) is 0 Å². The lowest BCUT2D eigenvalue weighted by Gasteiger charge is -2.09. The van der Waals surface area contributed by atoms with Gasteiger partial charge >= 0.3 is 0 Å². The number of carbonyl (C=O) groups is 1. The van der Waals surface area contributed by atoms with E-state index < -0.39 is 0 Å². The Morgan fingerprint density at radius 1 is 1.26 bits per heavy atom. The number of hydrogen-bond acceptors (Lipinski definition) is 5. The summed E-state index contributed by atoms with van der Waals surface area (Å²) in [5.41, 5.74) is 7.28. The molecule has 1 aliphatic rings. The van der Waals surface area contributed by atoms with Gasteiger partial charge in [-0.25, -0.2) is 16.0 Å². The third kappa shape index (κ3) is 2.61. The Kier molecular flexibility index (Phi) is 3.21. The second-order valence-electron chi connectivity index (χ2n) is 4.36. The summed E-state index contributed by atoms with van der Waals surface area (Å²) >= 11 is 0. The minimum atomic E-state index is -0.296. The van der Waals surface area contributed by atoms with Gasteiger partial charge < -0.3 is 0 Å². The maximum absolute atomic E-state index is 12.0. The summed E-state index contributed by atoms with van der Waals surface area (Å²) in [7, 11) is 0. The lowest BCUT2D eigenvalue weighted by Crippen LogP contribution is -2.39. The summed E-state index contributed by atoms with van der Waals surface area (Å²) < 4.78 is 0. The highest BCUT2D eigenvalue weighted by molar-refractivity contribution is 5.93. The van der Waals surface area contributed by atoms with E-state index in [0.29, 0.717) is 12.4 Å². The van der Waals surface area contributed by atoms with Gasteiger partial charge in [0.05, 0.1) is 0 Å². The van der Waals surface area contributed by atoms with Crippen LogP contribution in [0.15, 0.2) is 36.7 Å². The van der Waals surface area contributed by atoms with Gasteiger partial charge in [-0.1, -0.05) is 30.3 Å². The quantitative estimate of drug-likeness (QED) is 0.637. The molecule has 0 bridgehead atoms. The molecule has 0 aliphatic carbocycles. The van der Waals surface area contributed by atoms with E-state index in [1.165, 1.54) is 6.33 Å². The standard InChI is InChI=1S/C12H14N6O/c19-11(15-12-13-7-14-18-12)10-6-9(16-17-10)8-4-2-1-3-5-8/h1-5,7,9-10,16-17H,6H2,(H2,13,14,15,18,19). The Labute approximate surface area is 109 Å². The molecule has 0 radical (unpaired) electrons. The first kappa shape index (κ1) is 11.8. The molecule has 19 heavy (non-hydrogen) atoms. The number of hydrogen-bond donors (Lipinski definition) is 4. The van der Waals surface area contributed by atoms with E-state index in [0.717, 1.165) is 5.56 Å². The molecule has 1 aromatic heterocycles. The minimum Gasteiger partial charge on any atom is -0.293 e. The van der Waals surface area contributed by atoms with Crippen molar-refractivity contribution in [3.05, 3.63) is 42.2 Å². The number of H-pyrrole nitrogens is 1. The normalized spacial score (nSPS) is 22.3. The van der Waals surface area contributed by atoms with Crippen molar-refractivity contribution in [2.24, 2.45) is 0 Å². The van der Waals surface area contributed by atoms with Gasteiger partial charge in [-0.3, -0.25) is 10.1 Å². The van der Waals surface area contributed by atoms with Gasteiger partial charge in [-0.15, -0.1) is 0 Å². The van der Waals surface area contributed by atoms with Crippen LogP contribution in [0.3, 0.4) is 0 Å². The number of carbonyl (C=O) groups excluding carboxylic acids is 1. The maximum Gasteiger partial charge on any atom is 0.245 e.